The monoisotopic (exact) mass is 332 g/mol. The van der Waals surface area contributed by atoms with E-state index in [0.717, 1.165) is 0 Å². The van der Waals surface area contributed by atoms with Gasteiger partial charge in [0.1, 0.15) is 25.0 Å². The van der Waals surface area contributed by atoms with Crippen molar-refractivity contribution >= 4 is 23.2 Å². The molecule has 3 N–H and O–H groups in total. The molecule has 0 heterocycles. The highest BCUT2D eigenvalue weighted by Crippen LogP contribution is 2.27. The molecule has 0 aromatic heterocycles. The van der Waals surface area contributed by atoms with Gasteiger partial charge in [-0.3, -0.25) is 0 Å². The predicted molar refractivity (Wildman–Crippen MR) is 86.2 cm³/mol. The first-order valence-electron chi connectivity index (χ1n) is 7.74. The van der Waals surface area contributed by atoms with Crippen LogP contribution < -0.4 is 10.1 Å². The van der Waals surface area contributed by atoms with Crippen molar-refractivity contribution in [1.29, 1.82) is 0 Å². The number of hydrogen-bond donors (Lipinski definition) is 2. The zero-order chi connectivity index (χ0) is 15.1. The van der Waals surface area contributed by atoms with Crippen LogP contribution in [0.2, 0.25) is 10.0 Å². The van der Waals surface area contributed by atoms with E-state index < -0.39 is 6.10 Å². The molecule has 0 saturated heterocycles. The number of aliphatic hydroxyl groups is 1. The summed E-state index contributed by atoms with van der Waals surface area (Å²) in [5.74, 6) is 0.526. The molecule has 0 spiro atoms. The lowest BCUT2D eigenvalue weighted by Crippen LogP contribution is -2.91. The number of benzene rings is 1. The standard InChI is InChI=1S/C16H23Cl2NO2/c17-12-7-8-15(18)16(9-12)21-11-14(20)10-19-13-5-3-1-2-4-6-13/h7-9,13-14,19-20H,1-6,10-11H2/p+1/t14-/m1/s1. The Hall–Kier alpha value is -0.480. The second kappa shape index (κ2) is 8.84. The minimum Gasteiger partial charge on any atom is -0.489 e. The van der Waals surface area contributed by atoms with Crippen LogP contribution in [-0.2, 0) is 0 Å². The third-order valence-corrected chi connectivity index (χ3v) is 4.51. The topological polar surface area (TPSA) is 46.1 Å². The fraction of sp³-hybridized carbons (Fsp3) is 0.625. The lowest BCUT2D eigenvalue weighted by molar-refractivity contribution is -0.695. The van der Waals surface area contributed by atoms with E-state index in [-0.39, 0.29) is 6.61 Å². The van der Waals surface area contributed by atoms with Crippen molar-refractivity contribution < 1.29 is 15.2 Å². The number of rotatable bonds is 6. The first-order chi connectivity index (χ1) is 10.1. The van der Waals surface area contributed by atoms with E-state index in [1.165, 1.54) is 38.5 Å². The van der Waals surface area contributed by atoms with Crippen LogP contribution in [0.1, 0.15) is 38.5 Å². The van der Waals surface area contributed by atoms with Crippen LogP contribution in [0.5, 0.6) is 5.75 Å². The molecule has 0 aliphatic heterocycles. The van der Waals surface area contributed by atoms with Crippen LogP contribution in [0.15, 0.2) is 18.2 Å². The van der Waals surface area contributed by atoms with Crippen LogP contribution in [-0.4, -0.2) is 30.4 Å². The molecule has 3 nitrogen and oxygen atoms in total. The maximum Gasteiger partial charge on any atom is 0.139 e. The molecule has 1 aromatic carbocycles. The average molecular weight is 333 g/mol. The molecule has 2 rings (SSSR count). The van der Waals surface area contributed by atoms with E-state index in [1.807, 2.05) is 0 Å². The SMILES string of the molecule is O[C@H](C[NH2+]C1CCCCCC1)COc1cc(Cl)ccc1Cl. The number of ether oxygens (including phenoxy) is 1. The first kappa shape index (κ1) is 16.9. The highest BCUT2D eigenvalue weighted by Gasteiger charge is 2.17. The third kappa shape index (κ3) is 6.03. The molecule has 118 valence electrons. The number of quaternary nitrogens is 1. The average Bonchev–Trinajstić information content (AvgIpc) is 2.74. The summed E-state index contributed by atoms with van der Waals surface area (Å²) in [4.78, 5) is 0. The van der Waals surface area contributed by atoms with Crippen LogP contribution in [0.25, 0.3) is 0 Å². The van der Waals surface area contributed by atoms with Crippen LogP contribution in [0.3, 0.4) is 0 Å². The molecule has 5 heteroatoms. The van der Waals surface area contributed by atoms with Crippen LogP contribution >= 0.6 is 23.2 Å². The van der Waals surface area contributed by atoms with Crippen molar-refractivity contribution in [3.8, 4) is 5.75 Å². The Bertz CT molecular complexity index is 434. The van der Waals surface area contributed by atoms with Gasteiger partial charge >= 0.3 is 0 Å². The summed E-state index contributed by atoms with van der Waals surface area (Å²) < 4.78 is 5.56. The van der Waals surface area contributed by atoms with E-state index in [0.29, 0.717) is 28.4 Å². The van der Waals surface area contributed by atoms with Crippen LogP contribution in [0.4, 0.5) is 0 Å². The molecule has 21 heavy (non-hydrogen) atoms. The molecule has 0 radical (unpaired) electrons. The summed E-state index contributed by atoms with van der Waals surface area (Å²) in [5, 5.41) is 13.4. The lowest BCUT2D eigenvalue weighted by atomic mass is 10.1. The Morgan fingerprint density at radius 2 is 1.90 bits per heavy atom. The number of nitrogens with two attached hydrogens (primary N) is 1. The summed E-state index contributed by atoms with van der Waals surface area (Å²) in [6.45, 7) is 0.909. The summed E-state index contributed by atoms with van der Waals surface area (Å²) in [5.41, 5.74) is 0. The number of aliphatic hydroxyl groups excluding tert-OH is 1. The van der Waals surface area contributed by atoms with Crippen molar-refractivity contribution in [3.05, 3.63) is 28.2 Å². The second-order valence-corrected chi connectivity index (χ2v) is 6.61. The predicted octanol–water partition coefficient (Wildman–Crippen LogP) is 3.02. The third-order valence-electron chi connectivity index (χ3n) is 3.97. The van der Waals surface area contributed by atoms with Gasteiger partial charge in [0.05, 0.1) is 11.1 Å². The van der Waals surface area contributed by atoms with E-state index in [2.05, 4.69) is 5.32 Å². The van der Waals surface area contributed by atoms with Crippen molar-refractivity contribution in [2.75, 3.05) is 13.2 Å². The second-order valence-electron chi connectivity index (χ2n) is 5.76. The molecule has 0 bridgehead atoms. The van der Waals surface area contributed by atoms with Crippen molar-refractivity contribution in [2.24, 2.45) is 0 Å². The maximum absolute atomic E-state index is 10.0. The van der Waals surface area contributed by atoms with Crippen molar-refractivity contribution in [1.82, 2.24) is 0 Å². The highest BCUT2D eigenvalue weighted by atomic mass is 35.5. The fourth-order valence-corrected chi connectivity index (χ4v) is 3.07. The van der Waals surface area contributed by atoms with Gasteiger partial charge in [-0.05, 0) is 37.8 Å². The molecule has 1 aliphatic rings. The quantitative estimate of drug-likeness (QED) is 0.786. The lowest BCUT2D eigenvalue weighted by Gasteiger charge is -2.17. The van der Waals surface area contributed by atoms with Gasteiger partial charge in [-0.2, -0.15) is 0 Å². The van der Waals surface area contributed by atoms with Gasteiger partial charge < -0.3 is 15.2 Å². The zero-order valence-corrected chi connectivity index (χ0v) is 13.7. The smallest absolute Gasteiger partial charge is 0.139 e. The van der Waals surface area contributed by atoms with Gasteiger partial charge in [0.15, 0.2) is 0 Å². The van der Waals surface area contributed by atoms with Gasteiger partial charge in [0.25, 0.3) is 0 Å². The summed E-state index contributed by atoms with van der Waals surface area (Å²) >= 11 is 11.9. The van der Waals surface area contributed by atoms with E-state index in [1.54, 1.807) is 18.2 Å². The molecular weight excluding hydrogens is 309 g/mol. The molecule has 1 atom stereocenters. The molecule has 0 amide bonds. The summed E-state index contributed by atoms with van der Waals surface area (Å²) in [6.07, 6.45) is 7.34. The van der Waals surface area contributed by atoms with Gasteiger partial charge in [-0.1, -0.05) is 36.0 Å². The molecule has 1 aromatic rings. The molecule has 1 aliphatic carbocycles. The molecule has 1 saturated carbocycles. The van der Waals surface area contributed by atoms with Crippen LogP contribution in [0, 0.1) is 0 Å². The Labute approximate surface area is 136 Å². The van der Waals surface area contributed by atoms with Gasteiger partial charge in [0.2, 0.25) is 0 Å². The van der Waals surface area contributed by atoms with Gasteiger partial charge in [0, 0.05) is 11.1 Å². The normalized spacial score (nSPS) is 18.2. The summed E-state index contributed by atoms with van der Waals surface area (Å²) in [6, 6.07) is 5.74. The Morgan fingerprint density at radius 3 is 2.62 bits per heavy atom. The largest absolute Gasteiger partial charge is 0.489 e. The van der Waals surface area contributed by atoms with Crippen molar-refractivity contribution in [3.63, 3.8) is 0 Å². The number of halogens is 2. The fourth-order valence-electron chi connectivity index (χ4n) is 2.74. The van der Waals surface area contributed by atoms with Gasteiger partial charge in [-0.25, -0.2) is 0 Å². The van der Waals surface area contributed by atoms with Crippen molar-refractivity contribution in [2.45, 2.75) is 50.7 Å². The first-order valence-corrected chi connectivity index (χ1v) is 8.50. The highest BCUT2D eigenvalue weighted by molar-refractivity contribution is 6.34. The van der Waals surface area contributed by atoms with E-state index in [9.17, 15) is 5.11 Å². The minimum atomic E-state index is -0.497. The molecule has 0 unspecified atom stereocenters. The Kier molecular flexibility index (Phi) is 7.11. The van der Waals surface area contributed by atoms with E-state index >= 15 is 0 Å². The van der Waals surface area contributed by atoms with E-state index in [4.69, 9.17) is 27.9 Å². The maximum atomic E-state index is 10.0. The molecule has 1 fully saturated rings. The minimum absolute atomic E-state index is 0.239. The Morgan fingerprint density at radius 1 is 1.19 bits per heavy atom. The number of hydrogen-bond acceptors (Lipinski definition) is 2. The molecular formula is C16H24Cl2NO2+. The Balaban J connectivity index is 1.71. The zero-order valence-electron chi connectivity index (χ0n) is 12.2. The van der Waals surface area contributed by atoms with Gasteiger partial charge in [-0.15, -0.1) is 0 Å². The summed E-state index contributed by atoms with van der Waals surface area (Å²) in [7, 11) is 0.